The van der Waals surface area contributed by atoms with Crippen molar-refractivity contribution >= 4 is 5.97 Å². The van der Waals surface area contributed by atoms with E-state index in [-0.39, 0.29) is 5.92 Å². The highest BCUT2D eigenvalue weighted by Crippen LogP contribution is 2.14. The zero-order valence-corrected chi connectivity index (χ0v) is 7.00. The monoisotopic (exact) mass is 154 g/mol. The van der Waals surface area contributed by atoms with Gasteiger partial charge in [-0.05, 0) is 12.3 Å². The van der Waals surface area contributed by atoms with Gasteiger partial charge in [-0.2, -0.15) is 0 Å². The molecule has 1 N–H and O–H groups in total. The molecule has 2 heteroatoms. The molecule has 0 aromatic heterocycles. The van der Waals surface area contributed by atoms with Crippen LogP contribution in [0, 0.1) is 24.2 Å². The second-order valence-corrected chi connectivity index (χ2v) is 3.07. The first-order valence-electron chi connectivity index (χ1n) is 3.74. The number of carbonyl (C=O) groups is 1. The summed E-state index contributed by atoms with van der Waals surface area (Å²) in [6, 6.07) is 0. The maximum atomic E-state index is 10.5. The first-order chi connectivity index (χ1) is 5.07. The fourth-order valence-corrected chi connectivity index (χ4v) is 0.983. The number of carboxylic acid groups (broad SMARTS) is 1. The minimum atomic E-state index is -0.781. The molecule has 0 aromatic rings. The van der Waals surface area contributed by atoms with Crippen molar-refractivity contribution in [3.05, 3.63) is 0 Å². The summed E-state index contributed by atoms with van der Waals surface area (Å²) in [4.78, 5) is 10.5. The van der Waals surface area contributed by atoms with Crippen molar-refractivity contribution in [3.63, 3.8) is 0 Å². The largest absolute Gasteiger partial charge is 0.481 e. The SMILES string of the molecule is C#CC[C@H](CC(C)C)C(=O)O. The van der Waals surface area contributed by atoms with E-state index in [1.807, 2.05) is 13.8 Å². The molecule has 0 saturated carbocycles. The second kappa shape index (κ2) is 4.79. The normalized spacial score (nSPS) is 12.5. The molecule has 62 valence electrons. The van der Waals surface area contributed by atoms with Crippen LogP contribution in [0.4, 0.5) is 0 Å². The summed E-state index contributed by atoms with van der Waals surface area (Å²) >= 11 is 0. The van der Waals surface area contributed by atoms with Crippen molar-refractivity contribution in [2.75, 3.05) is 0 Å². The highest BCUT2D eigenvalue weighted by atomic mass is 16.4. The van der Waals surface area contributed by atoms with Crippen molar-refractivity contribution in [3.8, 4) is 12.3 Å². The van der Waals surface area contributed by atoms with E-state index in [4.69, 9.17) is 11.5 Å². The quantitative estimate of drug-likeness (QED) is 0.626. The summed E-state index contributed by atoms with van der Waals surface area (Å²) < 4.78 is 0. The van der Waals surface area contributed by atoms with Gasteiger partial charge in [0.15, 0.2) is 0 Å². The Bertz CT molecular complexity index is 165. The first-order valence-corrected chi connectivity index (χ1v) is 3.74. The Kier molecular flexibility index (Phi) is 4.36. The predicted octanol–water partition coefficient (Wildman–Crippen LogP) is 1.76. The van der Waals surface area contributed by atoms with Gasteiger partial charge in [-0.3, -0.25) is 4.79 Å². The average Bonchev–Trinajstić information content (AvgIpc) is 1.86. The van der Waals surface area contributed by atoms with Crippen LogP contribution >= 0.6 is 0 Å². The average molecular weight is 154 g/mol. The van der Waals surface area contributed by atoms with Gasteiger partial charge in [0.25, 0.3) is 0 Å². The van der Waals surface area contributed by atoms with Gasteiger partial charge in [0.05, 0.1) is 5.92 Å². The molecule has 0 rings (SSSR count). The second-order valence-electron chi connectivity index (χ2n) is 3.07. The maximum absolute atomic E-state index is 10.5. The Morgan fingerprint density at radius 2 is 2.18 bits per heavy atom. The van der Waals surface area contributed by atoms with Gasteiger partial charge in [-0.1, -0.05) is 13.8 Å². The zero-order chi connectivity index (χ0) is 8.85. The lowest BCUT2D eigenvalue weighted by Gasteiger charge is -2.10. The molecular formula is C9H14O2. The molecule has 0 aliphatic rings. The van der Waals surface area contributed by atoms with E-state index in [0.717, 1.165) is 0 Å². The minimum Gasteiger partial charge on any atom is -0.481 e. The van der Waals surface area contributed by atoms with Crippen molar-refractivity contribution in [1.29, 1.82) is 0 Å². The van der Waals surface area contributed by atoms with Gasteiger partial charge in [-0.15, -0.1) is 12.3 Å². The van der Waals surface area contributed by atoms with E-state index >= 15 is 0 Å². The van der Waals surface area contributed by atoms with E-state index in [9.17, 15) is 4.79 Å². The lowest BCUT2D eigenvalue weighted by Crippen LogP contribution is -2.15. The Balaban J connectivity index is 3.92. The molecule has 0 bridgehead atoms. The Hall–Kier alpha value is -0.970. The van der Waals surface area contributed by atoms with Crippen molar-refractivity contribution < 1.29 is 9.90 Å². The van der Waals surface area contributed by atoms with Gasteiger partial charge < -0.3 is 5.11 Å². The predicted molar refractivity (Wildman–Crippen MR) is 44.0 cm³/mol. The first kappa shape index (κ1) is 10.0. The molecule has 0 heterocycles. The number of carboxylic acids is 1. The van der Waals surface area contributed by atoms with Gasteiger partial charge in [0, 0.05) is 6.42 Å². The summed E-state index contributed by atoms with van der Waals surface area (Å²) in [5.41, 5.74) is 0. The number of aliphatic carboxylic acids is 1. The Morgan fingerprint density at radius 1 is 1.64 bits per heavy atom. The van der Waals surface area contributed by atoms with Crippen molar-refractivity contribution in [2.45, 2.75) is 26.7 Å². The lowest BCUT2D eigenvalue weighted by atomic mass is 9.95. The topological polar surface area (TPSA) is 37.3 Å². The summed E-state index contributed by atoms with van der Waals surface area (Å²) in [6.07, 6.45) is 6.04. The fraction of sp³-hybridized carbons (Fsp3) is 0.667. The van der Waals surface area contributed by atoms with Crippen LogP contribution < -0.4 is 0 Å². The van der Waals surface area contributed by atoms with E-state index in [2.05, 4.69) is 5.92 Å². The minimum absolute atomic E-state index is 0.341. The molecular weight excluding hydrogens is 140 g/mol. The lowest BCUT2D eigenvalue weighted by molar-refractivity contribution is -0.142. The highest BCUT2D eigenvalue weighted by Gasteiger charge is 2.16. The number of hydrogen-bond donors (Lipinski definition) is 1. The van der Waals surface area contributed by atoms with Crippen LogP contribution in [0.3, 0.4) is 0 Å². The third-order valence-electron chi connectivity index (χ3n) is 1.47. The maximum Gasteiger partial charge on any atom is 0.307 e. The molecule has 1 atom stereocenters. The van der Waals surface area contributed by atoms with Crippen molar-refractivity contribution in [1.82, 2.24) is 0 Å². The number of terminal acetylenes is 1. The summed E-state index contributed by atoms with van der Waals surface area (Å²) in [5, 5.41) is 8.66. The van der Waals surface area contributed by atoms with Gasteiger partial charge in [0.1, 0.15) is 0 Å². The molecule has 0 saturated heterocycles. The van der Waals surface area contributed by atoms with Crippen LogP contribution in [0.15, 0.2) is 0 Å². The van der Waals surface area contributed by atoms with Crippen LogP contribution in [0.1, 0.15) is 26.7 Å². The third kappa shape index (κ3) is 4.44. The van der Waals surface area contributed by atoms with Gasteiger partial charge >= 0.3 is 5.97 Å². The van der Waals surface area contributed by atoms with E-state index < -0.39 is 5.97 Å². The number of hydrogen-bond acceptors (Lipinski definition) is 1. The van der Waals surface area contributed by atoms with Crippen LogP contribution in [0.25, 0.3) is 0 Å². The van der Waals surface area contributed by atoms with Crippen LogP contribution in [0.2, 0.25) is 0 Å². The Morgan fingerprint density at radius 3 is 2.45 bits per heavy atom. The molecule has 0 unspecified atom stereocenters. The standard InChI is InChI=1S/C9H14O2/c1-4-5-8(9(10)11)6-7(2)3/h1,7-8H,5-6H2,2-3H3,(H,10,11)/t8-/m1/s1. The highest BCUT2D eigenvalue weighted by molar-refractivity contribution is 5.70. The molecule has 2 nitrogen and oxygen atoms in total. The smallest absolute Gasteiger partial charge is 0.307 e. The third-order valence-corrected chi connectivity index (χ3v) is 1.47. The fourth-order valence-electron chi connectivity index (χ4n) is 0.983. The zero-order valence-electron chi connectivity index (χ0n) is 7.00. The molecule has 11 heavy (non-hydrogen) atoms. The van der Waals surface area contributed by atoms with Gasteiger partial charge in [0.2, 0.25) is 0 Å². The Labute approximate surface area is 67.6 Å². The molecule has 0 spiro atoms. The molecule has 0 aliphatic carbocycles. The van der Waals surface area contributed by atoms with Crippen LogP contribution in [-0.2, 0) is 4.79 Å². The van der Waals surface area contributed by atoms with Crippen LogP contribution in [0.5, 0.6) is 0 Å². The molecule has 0 fully saturated rings. The number of rotatable bonds is 4. The summed E-state index contributed by atoms with van der Waals surface area (Å²) in [6.45, 7) is 3.99. The molecule has 0 amide bonds. The molecule has 0 aromatic carbocycles. The molecule has 0 radical (unpaired) electrons. The van der Waals surface area contributed by atoms with Gasteiger partial charge in [-0.25, -0.2) is 0 Å². The molecule has 0 aliphatic heterocycles. The van der Waals surface area contributed by atoms with E-state index in [0.29, 0.717) is 18.8 Å². The summed E-state index contributed by atoms with van der Waals surface area (Å²) in [7, 11) is 0. The van der Waals surface area contributed by atoms with E-state index in [1.165, 1.54) is 0 Å². The summed E-state index contributed by atoms with van der Waals surface area (Å²) in [5.74, 6) is 1.62. The van der Waals surface area contributed by atoms with Crippen LogP contribution in [-0.4, -0.2) is 11.1 Å². The van der Waals surface area contributed by atoms with Crippen molar-refractivity contribution in [2.24, 2.45) is 11.8 Å². The van der Waals surface area contributed by atoms with E-state index in [1.54, 1.807) is 0 Å².